The summed E-state index contributed by atoms with van der Waals surface area (Å²) in [6, 6.07) is 5.16. The molecule has 6 rings (SSSR count). The molecule has 4 unspecified atom stereocenters. The lowest BCUT2D eigenvalue weighted by Gasteiger charge is -2.55. The Morgan fingerprint density at radius 3 is 2.70 bits per heavy atom. The molecule has 1 spiro atoms. The average Bonchev–Trinajstić information content (AvgIpc) is 3.15. The van der Waals surface area contributed by atoms with E-state index in [9.17, 15) is 0 Å². The standard InChI is InChI=1S/C25H34N6O2/c1-15-9-27-28-16(2)23(15)17(3)33-19-5-6-21-20(8-19)24(30-29-21)18-4-7-22(26-10-18)31-11-25(12-31)13-32-14-25/h4,7,9-10,17,19-21,24,29-30H,5-6,8,11-14H2,1-3H3/t17-,19?,20?,21?,24?/m1/s1. The van der Waals surface area contributed by atoms with Gasteiger partial charge in [0.05, 0.1) is 48.8 Å². The minimum absolute atomic E-state index is 0.0182. The second kappa shape index (κ2) is 8.27. The first kappa shape index (κ1) is 21.4. The topological polar surface area (TPSA) is 84.4 Å². The van der Waals surface area contributed by atoms with E-state index in [1.165, 1.54) is 11.1 Å². The van der Waals surface area contributed by atoms with Crippen molar-refractivity contribution in [1.82, 2.24) is 26.0 Å². The monoisotopic (exact) mass is 450 g/mol. The number of rotatable bonds is 5. The summed E-state index contributed by atoms with van der Waals surface area (Å²) in [6.07, 6.45) is 7.37. The van der Waals surface area contributed by atoms with Gasteiger partial charge in [-0.2, -0.15) is 10.2 Å². The Morgan fingerprint density at radius 1 is 1.15 bits per heavy atom. The maximum absolute atomic E-state index is 6.58. The minimum Gasteiger partial charge on any atom is -0.380 e. The van der Waals surface area contributed by atoms with Crippen molar-refractivity contribution in [3.63, 3.8) is 0 Å². The number of ether oxygens (including phenoxy) is 2. The van der Waals surface area contributed by atoms with E-state index in [2.05, 4.69) is 58.1 Å². The molecule has 8 nitrogen and oxygen atoms in total. The first-order valence-corrected chi connectivity index (χ1v) is 12.3. The van der Waals surface area contributed by atoms with Crippen LogP contribution in [0, 0.1) is 25.2 Å². The third-order valence-electron chi connectivity index (χ3n) is 8.10. The fourth-order valence-electron chi connectivity index (χ4n) is 6.32. The van der Waals surface area contributed by atoms with Gasteiger partial charge in [-0.05, 0) is 63.1 Å². The van der Waals surface area contributed by atoms with Crippen LogP contribution in [0.4, 0.5) is 5.82 Å². The summed E-state index contributed by atoms with van der Waals surface area (Å²) >= 11 is 0. The van der Waals surface area contributed by atoms with Gasteiger partial charge in [-0.3, -0.25) is 5.43 Å². The second-order valence-corrected chi connectivity index (χ2v) is 10.6. The molecule has 2 aromatic rings. The summed E-state index contributed by atoms with van der Waals surface area (Å²) in [5, 5.41) is 8.30. The zero-order valence-corrected chi connectivity index (χ0v) is 19.8. The zero-order valence-electron chi connectivity index (χ0n) is 19.8. The Kier molecular flexibility index (Phi) is 5.36. The number of hydrazine groups is 1. The van der Waals surface area contributed by atoms with Crippen LogP contribution in [0.3, 0.4) is 0 Å². The van der Waals surface area contributed by atoms with E-state index < -0.39 is 0 Å². The molecule has 0 aromatic carbocycles. The SMILES string of the molecule is Cc1cnnc(C)c1[C@@H](C)OC1CCC2NNC(c3ccc(N4CC5(COC5)C4)nc3)C2C1. The Bertz CT molecular complexity index is 982. The van der Waals surface area contributed by atoms with Gasteiger partial charge in [-0.15, -0.1) is 0 Å². The van der Waals surface area contributed by atoms with Crippen molar-refractivity contribution in [3.05, 3.63) is 46.9 Å². The Labute approximate surface area is 195 Å². The summed E-state index contributed by atoms with van der Waals surface area (Å²) in [5.41, 5.74) is 12.0. The number of anilines is 1. The van der Waals surface area contributed by atoms with E-state index in [0.29, 0.717) is 17.4 Å². The number of aromatic nitrogens is 3. The van der Waals surface area contributed by atoms with Gasteiger partial charge in [0, 0.05) is 30.9 Å². The molecule has 2 aromatic heterocycles. The van der Waals surface area contributed by atoms with Gasteiger partial charge < -0.3 is 14.4 Å². The third-order valence-corrected chi connectivity index (χ3v) is 8.10. The highest BCUT2D eigenvalue weighted by molar-refractivity contribution is 5.45. The van der Waals surface area contributed by atoms with E-state index in [1.807, 2.05) is 13.1 Å². The number of hydrogen-bond donors (Lipinski definition) is 2. The van der Waals surface area contributed by atoms with Crippen LogP contribution in [0.1, 0.15) is 60.7 Å². The quantitative estimate of drug-likeness (QED) is 0.720. The van der Waals surface area contributed by atoms with E-state index in [4.69, 9.17) is 14.5 Å². The number of nitrogens with zero attached hydrogens (tertiary/aromatic N) is 4. The first-order valence-electron chi connectivity index (χ1n) is 12.3. The van der Waals surface area contributed by atoms with Crippen LogP contribution in [0.5, 0.6) is 0 Å². The smallest absolute Gasteiger partial charge is 0.128 e. The van der Waals surface area contributed by atoms with Gasteiger partial charge in [-0.25, -0.2) is 10.4 Å². The van der Waals surface area contributed by atoms with Crippen molar-refractivity contribution < 1.29 is 9.47 Å². The van der Waals surface area contributed by atoms with Crippen molar-refractivity contribution in [2.24, 2.45) is 11.3 Å². The first-order chi connectivity index (χ1) is 16.0. The molecule has 0 amide bonds. The summed E-state index contributed by atoms with van der Waals surface area (Å²) in [6.45, 7) is 10.2. The maximum atomic E-state index is 6.58. The van der Waals surface area contributed by atoms with Gasteiger partial charge in [0.25, 0.3) is 0 Å². The van der Waals surface area contributed by atoms with Crippen LogP contribution < -0.4 is 15.8 Å². The Hall–Kier alpha value is -2.13. The summed E-state index contributed by atoms with van der Waals surface area (Å²) in [4.78, 5) is 7.17. The average molecular weight is 451 g/mol. The highest BCUT2D eigenvalue weighted by Crippen LogP contribution is 2.42. The summed E-state index contributed by atoms with van der Waals surface area (Å²) < 4.78 is 12.0. The van der Waals surface area contributed by atoms with Crippen LogP contribution in [0.15, 0.2) is 24.5 Å². The predicted octanol–water partition coefficient (Wildman–Crippen LogP) is 2.79. The molecule has 5 heterocycles. The Balaban J connectivity index is 1.11. The van der Waals surface area contributed by atoms with Crippen LogP contribution >= 0.6 is 0 Å². The molecule has 33 heavy (non-hydrogen) atoms. The van der Waals surface area contributed by atoms with Gasteiger partial charge in [0.1, 0.15) is 5.82 Å². The van der Waals surface area contributed by atoms with Gasteiger partial charge >= 0.3 is 0 Å². The number of aryl methyl sites for hydroxylation is 2. The number of fused-ring (bicyclic) bond motifs is 1. The molecule has 1 saturated carbocycles. The number of pyridine rings is 1. The van der Waals surface area contributed by atoms with Crippen molar-refractivity contribution in [3.8, 4) is 0 Å². The number of hydrogen-bond acceptors (Lipinski definition) is 8. The van der Waals surface area contributed by atoms with E-state index >= 15 is 0 Å². The van der Waals surface area contributed by atoms with Crippen molar-refractivity contribution in [2.45, 2.75) is 64.3 Å². The fraction of sp³-hybridized carbons (Fsp3) is 0.640. The van der Waals surface area contributed by atoms with Crippen molar-refractivity contribution in [1.29, 1.82) is 0 Å². The molecule has 4 fully saturated rings. The van der Waals surface area contributed by atoms with E-state index in [1.54, 1.807) is 0 Å². The van der Waals surface area contributed by atoms with E-state index in [0.717, 1.165) is 62.6 Å². The molecule has 0 bridgehead atoms. The molecular formula is C25H34N6O2. The van der Waals surface area contributed by atoms with Crippen molar-refractivity contribution in [2.75, 3.05) is 31.2 Å². The number of nitrogens with one attached hydrogen (secondary N) is 2. The van der Waals surface area contributed by atoms with Crippen LogP contribution in [0.2, 0.25) is 0 Å². The van der Waals surface area contributed by atoms with E-state index in [-0.39, 0.29) is 18.2 Å². The lowest BCUT2D eigenvalue weighted by Crippen LogP contribution is -2.66. The summed E-state index contributed by atoms with van der Waals surface area (Å²) in [5.74, 6) is 1.56. The highest BCUT2D eigenvalue weighted by atomic mass is 16.5. The fourth-order valence-corrected chi connectivity index (χ4v) is 6.32. The van der Waals surface area contributed by atoms with Crippen LogP contribution in [-0.2, 0) is 9.47 Å². The van der Waals surface area contributed by atoms with Crippen molar-refractivity contribution >= 4 is 5.82 Å². The molecule has 5 atom stereocenters. The summed E-state index contributed by atoms with van der Waals surface area (Å²) in [7, 11) is 0. The molecule has 8 heteroatoms. The minimum atomic E-state index is 0.0182. The van der Waals surface area contributed by atoms with Gasteiger partial charge in [-0.1, -0.05) is 6.07 Å². The molecule has 1 aliphatic carbocycles. The van der Waals surface area contributed by atoms with Crippen LogP contribution in [0.25, 0.3) is 0 Å². The molecular weight excluding hydrogens is 416 g/mol. The third kappa shape index (κ3) is 3.83. The molecule has 3 aliphatic heterocycles. The normalized spacial score (nSPS) is 31.1. The predicted molar refractivity (Wildman–Crippen MR) is 125 cm³/mol. The zero-order chi connectivity index (χ0) is 22.6. The van der Waals surface area contributed by atoms with Crippen LogP contribution in [-0.4, -0.2) is 53.6 Å². The lowest BCUT2D eigenvalue weighted by molar-refractivity contribution is -0.127. The molecule has 176 valence electrons. The Morgan fingerprint density at radius 2 is 2.00 bits per heavy atom. The van der Waals surface area contributed by atoms with Gasteiger partial charge in [0.15, 0.2) is 0 Å². The molecule has 2 N–H and O–H groups in total. The lowest BCUT2D eigenvalue weighted by atomic mass is 9.77. The molecule has 3 saturated heterocycles. The molecule has 4 aliphatic rings. The maximum Gasteiger partial charge on any atom is 0.128 e. The molecule has 0 radical (unpaired) electrons. The largest absolute Gasteiger partial charge is 0.380 e. The highest BCUT2D eigenvalue weighted by Gasteiger charge is 2.49. The van der Waals surface area contributed by atoms with Gasteiger partial charge in [0.2, 0.25) is 0 Å². The second-order valence-electron chi connectivity index (χ2n) is 10.6.